The van der Waals surface area contributed by atoms with Gasteiger partial charge in [-0.15, -0.1) is 0 Å². The lowest BCUT2D eigenvalue weighted by Crippen LogP contribution is -2.28. The van der Waals surface area contributed by atoms with Gasteiger partial charge in [-0.25, -0.2) is 0 Å². The first kappa shape index (κ1) is 11.7. The smallest absolute Gasteiger partial charge is 0.119 e. The van der Waals surface area contributed by atoms with Gasteiger partial charge in [-0.1, -0.05) is 11.6 Å². The second kappa shape index (κ2) is 5.55. The Morgan fingerprint density at radius 1 is 1.38 bits per heavy atom. The molecule has 1 aliphatic heterocycles. The van der Waals surface area contributed by atoms with Crippen LogP contribution < -0.4 is 10.1 Å². The maximum atomic E-state index is 6.20. The molecule has 2 rings (SSSR count). The normalized spacial score (nSPS) is 17.4. The summed E-state index contributed by atoms with van der Waals surface area (Å²) >= 11 is 6.20. The zero-order valence-electron chi connectivity index (χ0n) is 9.63. The summed E-state index contributed by atoms with van der Waals surface area (Å²) in [5.74, 6) is 1.65. The van der Waals surface area contributed by atoms with E-state index in [0.717, 1.165) is 36.2 Å². The summed E-state index contributed by atoms with van der Waals surface area (Å²) in [6.45, 7) is 2.26. The van der Waals surface area contributed by atoms with E-state index in [1.807, 2.05) is 12.1 Å². The second-order valence-electron chi connectivity index (χ2n) is 4.35. The van der Waals surface area contributed by atoms with Crippen molar-refractivity contribution in [1.29, 1.82) is 0 Å². The molecule has 0 aliphatic carbocycles. The monoisotopic (exact) mass is 239 g/mol. The highest BCUT2D eigenvalue weighted by molar-refractivity contribution is 6.31. The van der Waals surface area contributed by atoms with Gasteiger partial charge >= 0.3 is 0 Å². The lowest BCUT2D eigenvalue weighted by Gasteiger charge is -2.23. The molecule has 1 aromatic rings. The average molecular weight is 240 g/mol. The molecule has 1 aromatic carbocycles. The Morgan fingerprint density at radius 3 is 2.81 bits per heavy atom. The Morgan fingerprint density at radius 2 is 2.12 bits per heavy atom. The molecule has 0 spiro atoms. The predicted octanol–water partition coefficient (Wildman–Crippen LogP) is 2.89. The molecule has 1 heterocycles. The van der Waals surface area contributed by atoms with Crippen molar-refractivity contribution in [2.24, 2.45) is 5.92 Å². The first-order chi connectivity index (χ1) is 7.79. The summed E-state index contributed by atoms with van der Waals surface area (Å²) in [4.78, 5) is 0. The molecular formula is C13H18ClNO. The maximum absolute atomic E-state index is 6.20. The molecule has 0 bridgehead atoms. The topological polar surface area (TPSA) is 21.3 Å². The molecule has 16 heavy (non-hydrogen) atoms. The highest BCUT2D eigenvalue weighted by Gasteiger charge is 2.15. The van der Waals surface area contributed by atoms with E-state index in [2.05, 4.69) is 11.4 Å². The Bertz CT molecular complexity index is 348. The highest BCUT2D eigenvalue weighted by Crippen LogP contribution is 2.26. The Hall–Kier alpha value is -0.730. The van der Waals surface area contributed by atoms with Crippen LogP contribution >= 0.6 is 11.6 Å². The third kappa shape index (κ3) is 2.89. The number of ether oxygens (including phenoxy) is 1. The molecule has 0 saturated carbocycles. The number of halogens is 1. The van der Waals surface area contributed by atoms with Gasteiger partial charge in [0, 0.05) is 5.02 Å². The van der Waals surface area contributed by atoms with Gasteiger partial charge in [-0.3, -0.25) is 0 Å². The summed E-state index contributed by atoms with van der Waals surface area (Å²) in [5, 5.41) is 4.24. The zero-order valence-corrected chi connectivity index (χ0v) is 10.4. The van der Waals surface area contributed by atoms with Crippen LogP contribution in [-0.2, 0) is 6.42 Å². The molecule has 0 unspecified atom stereocenters. The molecular weight excluding hydrogens is 222 g/mol. The van der Waals surface area contributed by atoms with Crippen molar-refractivity contribution in [2.75, 3.05) is 20.2 Å². The summed E-state index contributed by atoms with van der Waals surface area (Å²) in [7, 11) is 1.69. The number of rotatable bonds is 3. The number of hydrogen-bond acceptors (Lipinski definition) is 2. The van der Waals surface area contributed by atoms with E-state index < -0.39 is 0 Å². The lowest BCUT2D eigenvalue weighted by atomic mass is 9.91. The molecule has 2 nitrogen and oxygen atoms in total. The first-order valence-corrected chi connectivity index (χ1v) is 6.20. The lowest BCUT2D eigenvalue weighted by molar-refractivity contribution is 0.371. The first-order valence-electron chi connectivity index (χ1n) is 5.82. The summed E-state index contributed by atoms with van der Waals surface area (Å²) in [6.07, 6.45) is 3.55. The molecule has 1 saturated heterocycles. The van der Waals surface area contributed by atoms with Crippen molar-refractivity contribution >= 4 is 11.6 Å². The Balaban J connectivity index is 2.06. The van der Waals surface area contributed by atoms with Crippen LogP contribution in [0.5, 0.6) is 5.75 Å². The Kier molecular flexibility index (Phi) is 4.08. The average Bonchev–Trinajstić information content (AvgIpc) is 2.33. The van der Waals surface area contributed by atoms with Crippen molar-refractivity contribution in [3.8, 4) is 5.75 Å². The van der Waals surface area contributed by atoms with E-state index in [0.29, 0.717) is 0 Å². The molecule has 88 valence electrons. The molecule has 0 atom stereocenters. The molecule has 1 N–H and O–H groups in total. The largest absolute Gasteiger partial charge is 0.497 e. The number of piperidine rings is 1. The summed E-state index contributed by atoms with van der Waals surface area (Å²) in [5.41, 5.74) is 1.22. The van der Waals surface area contributed by atoms with E-state index in [-0.39, 0.29) is 0 Å². The quantitative estimate of drug-likeness (QED) is 0.876. The maximum Gasteiger partial charge on any atom is 0.119 e. The van der Waals surface area contributed by atoms with Crippen molar-refractivity contribution < 1.29 is 4.74 Å². The Labute approximate surface area is 102 Å². The summed E-state index contributed by atoms with van der Waals surface area (Å²) in [6, 6.07) is 5.90. The fourth-order valence-electron chi connectivity index (χ4n) is 2.23. The third-order valence-electron chi connectivity index (χ3n) is 3.22. The van der Waals surface area contributed by atoms with Crippen LogP contribution in [0.1, 0.15) is 18.4 Å². The standard InChI is InChI=1S/C13H18ClNO/c1-16-12-2-3-13(14)11(9-12)8-10-4-6-15-7-5-10/h2-3,9-10,15H,4-8H2,1H3. The number of hydrogen-bond donors (Lipinski definition) is 1. The predicted molar refractivity (Wildman–Crippen MR) is 67.3 cm³/mol. The van der Waals surface area contributed by atoms with Crippen LogP contribution in [-0.4, -0.2) is 20.2 Å². The molecule has 3 heteroatoms. The highest BCUT2D eigenvalue weighted by atomic mass is 35.5. The fourth-order valence-corrected chi connectivity index (χ4v) is 2.43. The number of nitrogens with one attached hydrogen (secondary N) is 1. The fraction of sp³-hybridized carbons (Fsp3) is 0.538. The van der Waals surface area contributed by atoms with E-state index in [1.165, 1.54) is 18.4 Å². The third-order valence-corrected chi connectivity index (χ3v) is 3.59. The minimum absolute atomic E-state index is 0.755. The molecule has 1 fully saturated rings. The molecule has 0 aromatic heterocycles. The van der Waals surface area contributed by atoms with E-state index >= 15 is 0 Å². The number of methoxy groups -OCH3 is 1. The van der Waals surface area contributed by atoms with Crippen molar-refractivity contribution in [2.45, 2.75) is 19.3 Å². The van der Waals surface area contributed by atoms with E-state index in [9.17, 15) is 0 Å². The molecule has 1 aliphatic rings. The van der Waals surface area contributed by atoms with Crippen LogP contribution in [0, 0.1) is 5.92 Å². The molecule has 0 amide bonds. The van der Waals surface area contributed by atoms with Crippen LogP contribution in [0.25, 0.3) is 0 Å². The minimum Gasteiger partial charge on any atom is -0.497 e. The van der Waals surface area contributed by atoms with Crippen molar-refractivity contribution in [3.05, 3.63) is 28.8 Å². The van der Waals surface area contributed by atoms with Gasteiger partial charge < -0.3 is 10.1 Å². The second-order valence-corrected chi connectivity index (χ2v) is 4.76. The van der Waals surface area contributed by atoms with Crippen LogP contribution in [0.4, 0.5) is 0 Å². The van der Waals surface area contributed by atoms with Gasteiger partial charge in [0.15, 0.2) is 0 Å². The minimum atomic E-state index is 0.755. The van der Waals surface area contributed by atoms with Crippen LogP contribution in [0.2, 0.25) is 5.02 Å². The van der Waals surface area contributed by atoms with Crippen LogP contribution in [0.15, 0.2) is 18.2 Å². The summed E-state index contributed by atoms with van der Waals surface area (Å²) < 4.78 is 5.23. The van der Waals surface area contributed by atoms with Crippen molar-refractivity contribution in [1.82, 2.24) is 5.32 Å². The number of benzene rings is 1. The van der Waals surface area contributed by atoms with Gasteiger partial charge in [0.1, 0.15) is 5.75 Å². The van der Waals surface area contributed by atoms with E-state index in [4.69, 9.17) is 16.3 Å². The van der Waals surface area contributed by atoms with Gasteiger partial charge in [-0.2, -0.15) is 0 Å². The van der Waals surface area contributed by atoms with Gasteiger partial charge in [0.25, 0.3) is 0 Å². The van der Waals surface area contributed by atoms with Gasteiger partial charge in [0.05, 0.1) is 7.11 Å². The molecule has 0 radical (unpaired) electrons. The SMILES string of the molecule is COc1ccc(Cl)c(CC2CCNCC2)c1. The van der Waals surface area contributed by atoms with Crippen LogP contribution in [0.3, 0.4) is 0 Å². The van der Waals surface area contributed by atoms with Crippen molar-refractivity contribution in [3.63, 3.8) is 0 Å². The van der Waals surface area contributed by atoms with Gasteiger partial charge in [-0.05, 0) is 62.0 Å². The van der Waals surface area contributed by atoms with E-state index in [1.54, 1.807) is 7.11 Å². The van der Waals surface area contributed by atoms with Gasteiger partial charge in [0.2, 0.25) is 0 Å². The zero-order chi connectivity index (χ0) is 11.4.